The molecule has 2 N–H and O–H groups in total. The Morgan fingerprint density at radius 3 is 2.46 bits per heavy atom. The summed E-state index contributed by atoms with van der Waals surface area (Å²) in [7, 11) is 1.60. The molecule has 0 aliphatic heterocycles. The summed E-state index contributed by atoms with van der Waals surface area (Å²) in [5, 5.41) is 15.2. The van der Waals surface area contributed by atoms with Gasteiger partial charge in [0.1, 0.15) is 10.8 Å². The normalized spacial score (nSPS) is 11.6. The van der Waals surface area contributed by atoms with E-state index in [2.05, 4.69) is 39.9 Å². The van der Waals surface area contributed by atoms with Gasteiger partial charge in [-0.05, 0) is 36.2 Å². The molecule has 134 valence electrons. The Labute approximate surface area is 156 Å². The smallest absolute Gasteiger partial charge is 0.325 e. The number of hydrogen-bond acceptors (Lipinski definition) is 5. The lowest BCUT2D eigenvalue weighted by molar-refractivity contribution is 0.262. The van der Waals surface area contributed by atoms with E-state index in [1.807, 2.05) is 18.2 Å². The van der Waals surface area contributed by atoms with E-state index in [1.54, 1.807) is 31.4 Å². The number of nitrogens with zero attached hydrogens (tertiary/aromatic N) is 2. The topological polar surface area (TPSA) is 76.1 Å². The summed E-state index contributed by atoms with van der Waals surface area (Å²) in [6.07, 6.45) is 0.913. The highest BCUT2D eigenvalue weighted by Gasteiger charge is 2.18. The van der Waals surface area contributed by atoms with Gasteiger partial charge in [-0.2, -0.15) is 0 Å². The quantitative estimate of drug-likeness (QED) is 0.659. The molecule has 2 amide bonds. The van der Waals surface area contributed by atoms with Crippen LogP contribution < -0.4 is 15.4 Å². The SMILES string of the molecule is CC[C@@H](c1ccccc1)c1nnc(NC(=O)Nc2ccc(OC)cc2)s1. The predicted octanol–water partition coefficient (Wildman–Crippen LogP) is 4.73. The summed E-state index contributed by atoms with van der Waals surface area (Å²) in [6.45, 7) is 2.11. The van der Waals surface area contributed by atoms with Gasteiger partial charge in [0.15, 0.2) is 0 Å². The highest BCUT2D eigenvalue weighted by atomic mass is 32.1. The number of hydrogen-bond donors (Lipinski definition) is 2. The molecule has 1 heterocycles. The molecule has 0 fully saturated rings. The molecule has 3 rings (SSSR count). The summed E-state index contributed by atoms with van der Waals surface area (Å²) in [6, 6.07) is 16.9. The van der Waals surface area contributed by atoms with Crippen molar-refractivity contribution in [1.82, 2.24) is 10.2 Å². The van der Waals surface area contributed by atoms with Crippen LogP contribution in [0.3, 0.4) is 0 Å². The van der Waals surface area contributed by atoms with E-state index < -0.39 is 0 Å². The van der Waals surface area contributed by atoms with Gasteiger partial charge < -0.3 is 10.1 Å². The summed E-state index contributed by atoms with van der Waals surface area (Å²) in [4.78, 5) is 12.1. The van der Waals surface area contributed by atoms with Crippen LogP contribution in [0.2, 0.25) is 0 Å². The van der Waals surface area contributed by atoms with E-state index in [1.165, 1.54) is 16.9 Å². The average Bonchev–Trinajstić information content (AvgIpc) is 3.12. The Kier molecular flexibility index (Phi) is 5.80. The molecule has 3 aromatic rings. The number of ether oxygens (including phenoxy) is 1. The maximum Gasteiger partial charge on any atom is 0.325 e. The number of urea groups is 1. The molecule has 0 radical (unpaired) electrons. The molecular formula is C19H20N4O2S. The third-order valence-electron chi connectivity index (χ3n) is 3.92. The van der Waals surface area contributed by atoms with Crippen LogP contribution in [0.1, 0.15) is 29.8 Å². The van der Waals surface area contributed by atoms with E-state index in [0.717, 1.165) is 17.2 Å². The second-order valence-electron chi connectivity index (χ2n) is 5.62. The largest absolute Gasteiger partial charge is 0.497 e. The average molecular weight is 368 g/mol. The molecular weight excluding hydrogens is 348 g/mol. The van der Waals surface area contributed by atoms with E-state index in [0.29, 0.717) is 10.8 Å². The van der Waals surface area contributed by atoms with E-state index in [9.17, 15) is 4.79 Å². The lowest BCUT2D eigenvalue weighted by Gasteiger charge is -2.11. The first-order valence-corrected chi connectivity index (χ1v) is 9.11. The molecule has 26 heavy (non-hydrogen) atoms. The van der Waals surface area contributed by atoms with Gasteiger partial charge in [0.25, 0.3) is 0 Å². The van der Waals surface area contributed by atoms with Gasteiger partial charge in [-0.25, -0.2) is 4.79 Å². The van der Waals surface area contributed by atoms with Crippen LogP contribution in [0.25, 0.3) is 0 Å². The number of amides is 2. The molecule has 0 saturated carbocycles. The van der Waals surface area contributed by atoms with E-state index >= 15 is 0 Å². The number of carbonyl (C=O) groups excluding carboxylic acids is 1. The van der Waals surface area contributed by atoms with Gasteiger partial charge in [0.2, 0.25) is 5.13 Å². The van der Waals surface area contributed by atoms with Crippen molar-refractivity contribution < 1.29 is 9.53 Å². The number of aromatic nitrogens is 2. The summed E-state index contributed by atoms with van der Waals surface area (Å²) >= 11 is 1.39. The molecule has 6 nitrogen and oxygen atoms in total. The maximum absolute atomic E-state index is 12.1. The Hall–Kier alpha value is -2.93. The molecule has 2 aromatic carbocycles. The predicted molar refractivity (Wildman–Crippen MR) is 104 cm³/mol. The van der Waals surface area contributed by atoms with Crippen molar-refractivity contribution in [2.45, 2.75) is 19.3 Å². The van der Waals surface area contributed by atoms with Crippen LogP contribution in [0.4, 0.5) is 15.6 Å². The zero-order chi connectivity index (χ0) is 18.4. The number of nitrogens with one attached hydrogen (secondary N) is 2. The van der Waals surface area contributed by atoms with Crippen molar-refractivity contribution in [3.63, 3.8) is 0 Å². The molecule has 0 aliphatic carbocycles. The number of carbonyl (C=O) groups is 1. The van der Waals surface area contributed by atoms with Crippen LogP contribution in [0.5, 0.6) is 5.75 Å². The first-order valence-electron chi connectivity index (χ1n) is 8.30. The zero-order valence-electron chi connectivity index (χ0n) is 14.6. The molecule has 0 spiro atoms. The lowest BCUT2D eigenvalue weighted by atomic mass is 9.97. The second kappa shape index (κ2) is 8.44. The van der Waals surface area contributed by atoms with Crippen molar-refractivity contribution in [2.24, 2.45) is 0 Å². The Morgan fingerprint density at radius 1 is 1.08 bits per heavy atom. The van der Waals surface area contributed by atoms with Crippen LogP contribution >= 0.6 is 11.3 Å². The third kappa shape index (κ3) is 4.37. The van der Waals surface area contributed by atoms with Crippen LogP contribution in [0, 0.1) is 0 Å². The molecule has 0 unspecified atom stereocenters. The van der Waals surface area contributed by atoms with Gasteiger partial charge >= 0.3 is 6.03 Å². The fourth-order valence-electron chi connectivity index (χ4n) is 2.60. The molecule has 1 atom stereocenters. The van der Waals surface area contributed by atoms with Gasteiger partial charge in [-0.15, -0.1) is 10.2 Å². The summed E-state index contributed by atoms with van der Waals surface area (Å²) < 4.78 is 5.10. The van der Waals surface area contributed by atoms with Crippen LogP contribution in [0.15, 0.2) is 54.6 Å². The monoisotopic (exact) mass is 368 g/mol. The van der Waals surface area contributed by atoms with Gasteiger partial charge in [-0.1, -0.05) is 48.6 Å². The standard InChI is InChI=1S/C19H20N4O2S/c1-3-16(13-7-5-4-6-8-13)17-22-23-19(26-17)21-18(24)20-14-9-11-15(25-2)12-10-14/h4-12,16H,3H2,1-2H3,(H2,20,21,23,24)/t16-/m0/s1. The van der Waals surface area contributed by atoms with Crippen molar-refractivity contribution in [3.05, 3.63) is 65.2 Å². The Morgan fingerprint density at radius 2 is 1.81 bits per heavy atom. The molecule has 0 aliphatic rings. The summed E-state index contributed by atoms with van der Waals surface area (Å²) in [5.41, 5.74) is 1.86. The highest BCUT2D eigenvalue weighted by molar-refractivity contribution is 7.15. The van der Waals surface area contributed by atoms with Gasteiger partial charge in [-0.3, -0.25) is 5.32 Å². The molecule has 0 saturated heterocycles. The second-order valence-corrected chi connectivity index (χ2v) is 6.63. The van der Waals surface area contributed by atoms with Crippen LogP contribution in [-0.4, -0.2) is 23.3 Å². The van der Waals surface area contributed by atoms with Crippen LogP contribution in [-0.2, 0) is 0 Å². The Bertz CT molecular complexity index is 849. The summed E-state index contributed by atoms with van der Waals surface area (Å²) in [5.74, 6) is 0.908. The number of methoxy groups -OCH3 is 1. The first kappa shape index (κ1) is 17.9. The highest BCUT2D eigenvalue weighted by Crippen LogP contribution is 2.31. The minimum Gasteiger partial charge on any atom is -0.497 e. The van der Waals surface area contributed by atoms with E-state index in [4.69, 9.17) is 4.74 Å². The molecule has 0 bridgehead atoms. The van der Waals surface area contributed by atoms with E-state index in [-0.39, 0.29) is 11.9 Å². The van der Waals surface area contributed by atoms with Crippen molar-refractivity contribution in [1.29, 1.82) is 0 Å². The zero-order valence-corrected chi connectivity index (χ0v) is 15.4. The maximum atomic E-state index is 12.1. The lowest BCUT2D eigenvalue weighted by Crippen LogP contribution is -2.19. The van der Waals surface area contributed by atoms with Gasteiger partial charge in [0.05, 0.1) is 7.11 Å². The van der Waals surface area contributed by atoms with Crippen molar-refractivity contribution in [2.75, 3.05) is 17.7 Å². The Balaban J connectivity index is 1.64. The fraction of sp³-hybridized carbons (Fsp3) is 0.211. The fourth-order valence-corrected chi connectivity index (χ4v) is 3.55. The number of benzene rings is 2. The van der Waals surface area contributed by atoms with Crippen molar-refractivity contribution >= 4 is 28.2 Å². The van der Waals surface area contributed by atoms with Gasteiger partial charge in [0, 0.05) is 11.6 Å². The molecule has 7 heteroatoms. The third-order valence-corrected chi connectivity index (χ3v) is 4.87. The first-order chi connectivity index (χ1) is 12.7. The van der Waals surface area contributed by atoms with Crippen molar-refractivity contribution in [3.8, 4) is 5.75 Å². The minimum atomic E-state index is -0.356. The molecule has 1 aromatic heterocycles. The minimum absolute atomic E-state index is 0.175. The number of anilines is 2. The number of rotatable bonds is 6.